The van der Waals surface area contributed by atoms with Crippen LogP contribution in [0.3, 0.4) is 0 Å². The lowest BCUT2D eigenvalue weighted by Gasteiger charge is -2.29. The van der Waals surface area contributed by atoms with Crippen LogP contribution in [0.15, 0.2) is 85.3 Å². The number of nitrogens with one attached hydrogen (secondary N) is 4. The molecule has 0 radical (unpaired) electrons. The Labute approximate surface area is 343 Å². The van der Waals surface area contributed by atoms with Crippen molar-refractivity contribution in [3.8, 4) is 34.2 Å². The molecule has 14 heteroatoms. The molecule has 298 valence electrons. The molecule has 6 aromatic rings. The van der Waals surface area contributed by atoms with Crippen molar-refractivity contribution in [1.82, 2.24) is 35.8 Å². The molecule has 3 aliphatic rings. The highest BCUT2D eigenvalue weighted by Gasteiger charge is 2.39. The second-order valence-electron chi connectivity index (χ2n) is 14.9. The van der Waals surface area contributed by atoms with Crippen LogP contribution in [0, 0.1) is 11.8 Å². The van der Waals surface area contributed by atoms with E-state index in [1.807, 2.05) is 42.5 Å². The Kier molecular flexibility index (Phi) is 9.85. The number of H-pyrrole nitrogens is 1. The number of carbonyl (C=O) groups excluding carboxylic acids is 6. The molecule has 2 fully saturated rings. The van der Waals surface area contributed by atoms with Crippen molar-refractivity contribution in [3.63, 3.8) is 0 Å². The van der Waals surface area contributed by atoms with Crippen molar-refractivity contribution in [1.29, 1.82) is 0 Å². The molecule has 0 aliphatic carbocycles. The Balaban J connectivity index is 0.874. The minimum Gasteiger partial charge on any atom is -0.359 e. The number of anilines is 1. The fraction of sp³-hybridized carbons (Fsp3) is 0.217. The SMILES string of the molecule is CNC(=O)c1c[nH]c2c(N3CCCC3=O)cc(-c3cccc4cc(-c5ccc(C(=O)NCCC#Cc6cccc7c6CN(C6CCC(=O)NC6=O)C7=O)nc5)ncc34)cc12. The van der Waals surface area contributed by atoms with Gasteiger partial charge in [0.05, 0.1) is 22.5 Å². The lowest BCUT2D eigenvalue weighted by Crippen LogP contribution is -2.52. The number of fused-ring (bicyclic) bond motifs is 3. The molecule has 14 nitrogen and oxygen atoms in total. The number of hydrogen-bond donors (Lipinski definition) is 4. The molecule has 6 amide bonds. The standard InChI is InChI=1S/C46H38N8O6/c1-47-43(57)34-24-51-42-32(34)19-29(21-39(42)53-18-6-12-41(53)56)30-10-5-9-27-20-37(50-23-33(27)30)28-13-14-36(49-22-28)44(58)48-17-3-2-7-26-8-4-11-31-35(26)25-54(46(31)60)38-15-16-40(55)52-45(38)59/h4-5,8-11,13-14,19-24,38,51H,3,6,12,15-18,25H2,1H3,(H,47,57)(H,48,58)(H,52,55,59). The molecule has 3 aromatic heterocycles. The summed E-state index contributed by atoms with van der Waals surface area (Å²) in [5.41, 5.74) is 7.28. The molecule has 6 heterocycles. The second-order valence-corrected chi connectivity index (χ2v) is 14.9. The number of amides is 6. The van der Waals surface area contributed by atoms with E-state index in [2.05, 4.69) is 37.8 Å². The number of aromatic amines is 1. The van der Waals surface area contributed by atoms with Crippen molar-refractivity contribution in [2.24, 2.45) is 0 Å². The van der Waals surface area contributed by atoms with Gasteiger partial charge in [-0.15, -0.1) is 0 Å². The number of rotatable bonds is 8. The Morgan fingerprint density at radius 2 is 1.75 bits per heavy atom. The van der Waals surface area contributed by atoms with Crippen LogP contribution in [0.25, 0.3) is 44.1 Å². The molecule has 3 aromatic carbocycles. The summed E-state index contributed by atoms with van der Waals surface area (Å²) in [5.74, 6) is 4.61. The molecule has 4 N–H and O–H groups in total. The topological polar surface area (TPSA) is 187 Å². The monoisotopic (exact) mass is 798 g/mol. The van der Waals surface area contributed by atoms with Crippen LogP contribution < -0.4 is 20.9 Å². The number of benzene rings is 3. The maximum Gasteiger partial charge on any atom is 0.269 e. The Morgan fingerprint density at radius 1 is 0.900 bits per heavy atom. The van der Waals surface area contributed by atoms with Crippen molar-refractivity contribution in [2.45, 2.75) is 44.7 Å². The van der Waals surface area contributed by atoms with E-state index < -0.39 is 11.9 Å². The number of carbonyl (C=O) groups is 6. The summed E-state index contributed by atoms with van der Waals surface area (Å²) in [5, 5.41) is 10.4. The summed E-state index contributed by atoms with van der Waals surface area (Å²) in [6.45, 7) is 1.12. The van der Waals surface area contributed by atoms with Crippen LogP contribution in [0.2, 0.25) is 0 Å². The first kappa shape index (κ1) is 37.9. The van der Waals surface area contributed by atoms with Gasteiger partial charge in [-0.1, -0.05) is 36.1 Å². The number of piperidine rings is 1. The molecule has 1 unspecified atom stereocenters. The average Bonchev–Trinajstić information content (AvgIpc) is 3.99. The quantitative estimate of drug-likeness (QED) is 0.0955. The highest BCUT2D eigenvalue weighted by molar-refractivity contribution is 6.14. The van der Waals surface area contributed by atoms with Gasteiger partial charge in [0.1, 0.15) is 11.7 Å². The summed E-state index contributed by atoms with van der Waals surface area (Å²) < 4.78 is 0. The highest BCUT2D eigenvalue weighted by atomic mass is 16.2. The molecular weight excluding hydrogens is 761 g/mol. The third kappa shape index (κ3) is 6.89. The van der Waals surface area contributed by atoms with Crippen LogP contribution in [-0.2, 0) is 20.9 Å². The first-order valence-electron chi connectivity index (χ1n) is 19.7. The zero-order valence-corrected chi connectivity index (χ0v) is 32.6. The van der Waals surface area contributed by atoms with E-state index in [4.69, 9.17) is 4.98 Å². The molecule has 0 spiro atoms. The number of nitrogens with zero attached hydrogens (tertiary/aromatic N) is 4. The number of aromatic nitrogens is 3. The summed E-state index contributed by atoms with van der Waals surface area (Å²) in [4.78, 5) is 91.5. The van der Waals surface area contributed by atoms with Crippen molar-refractivity contribution in [3.05, 3.63) is 113 Å². The van der Waals surface area contributed by atoms with E-state index in [0.717, 1.165) is 56.0 Å². The van der Waals surface area contributed by atoms with Crippen LogP contribution >= 0.6 is 0 Å². The van der Waals surface area contributed by atoms with Gasteiger partial charge in [0.25, 0.3) is 17.7 Å². The molecule has 60 heavy (non-hydrogen) atoms. The molecule has 3 aliphatic heterocycles. The lowest BCUT2D eigenvalue weighted by atomic mass is 9.96. The van der Waals surface area contributed by atoms with Crippen molar-refractivity contribution < 1.29 is 28.8 Å². The summed E-state index contributed by atoms with van der Waals surface area (Å²) >= 11 is 0. The van der Waals surface area contributed by atoms with Crippen molar-refractivity contribution >= 4 is 62.8 Å². The van der Waals surface area contributed by atoms with E-state index in [-0.39, 0.29) is 61.2 Å². The summed E-state index contributed by atoms with van der Waals surface area (Å²) in [6, 6.07) is 19.9. The van der Waals surface area contributed by atoms with Crippen molar-refractivity contribution in [2.75, 3.05) is 25.0 Å². The molecule has 9 rings (SSSR count). The fourth-order valence-corrected chi connectivity index (χ4v) is 8.26. The van der Waals surface area contributed by atoms with Gasteiger partial charge in [0.15, 0.2) is 0 Å². The second kappa shape index (κ2) is 15.6. The third-order valence-corrected chi connectivity index (χ3v) is 11.3. The van der Waals surface area contributed by atoms with Gasteiger partial charge in [0, 0.05) is 92.0 Å². The van der Waals surface area contributed by atoms with Gasteiger partial charge >= 0.3 is 0 Å². The van der Waals surface area contributed by atoms with Gasteiger partial charge in [0.2, 0.25) is 17.7 Å². The lowest BCUT2D eigenvalue weighted by molar-refractivity contribution is -0.137. The first-order chi connectivity index (χ1) is 29.2. The molecule has 1 atom stereocenters. The molecule has 2 saturated heterocycles. The Hall–Kier alpha value is -7.66. The third-order valence-electron chi connectivity index (χ3n) is 11.3. The van der Waals surface area contributed by atoms with Crippen LogP contribution in [-0.4, -0.2) is 81.5 Å². The largest absolute Gasteiger partial charge is 0.359 e. The minimum atomic E-state index is -0.702. The van der Waals surface area contributed by atoms with Gasteiger partial charge in [-0.3, -0.25) is 44.1 Å². The van der Waals surface area contributed by atoms with E-state index in [0.29, 0.717) is 41.8 Å². The van der Waals surface area contributed by atoms with Gasteiger partial charge in [-0.25, -0.2) is 0 Å². The Bertz CT molecular complexity index is 2870. The summed E-state index contributed by atoms with van der Waals surface area (Å²) in [7, 11) is 1.59. The van der Waals surface area contributed by atoms with Gasteiger partial charge in [-0.05, 0) is 77.4 Å². The normalized spacial score (nSPS) is 16.2. The molecule has 0 bridgehead atoms. The van der Waals surface area contributed by atoms with Crippen LogP contribution in [0.5, 0.6) is 0 Å². The first-order valence-corrected chi connectivity index (χ1v) is 19.7. The summed E-state index contributed by atoms with van der Waals surface area (Å²) in [6.07, 6.45) is 7.17. The predicted molar refractivity (Wildman–Crippen MR) is 224 cm³/mol. The Morgan fingerprint density at radius 3 is 2.53 bits per heavy atom. The molecule has 0 saturated carbocycles. The van der Waals surface area contributed by atoms with Crippen LogP contribution in [0.1, 0.15) is 74.4 Å². The van der Waals surface area contributed by atoms with E-state index in [1.165, 1.54) is 4.90 Å². The highest BCUT2D eigenvalue weighted by Crippen LogP contribution is 2.39. The number of hydrogen-bond acceptors (Lipinski definition) is 8. The van der Waals surface area contributed by atoms with Gasteiger partial charge < -0.3 is 25.4 Å². The maximum atomic E-state index is 13.1. The zero-order valence-electron chi connectivity index (χ0n) is 32.6. The predicted octanol–water partition coefficient (Wildman–Crippen LogP) is 4.86. The number of pyridine rings is 2. The molecular formula is C46H38N8O6. The fourth-order valence-electron chi connectivity index (χ4n) is 8.26. The van der Waals surface area contributed by atoms with E-state index in [9.17, 15) is 28.8 Å². The number of imide groups is 1. The van der Waals surface area contributed by atoms with E-state index in [1.54, 1.807) is 54.8 Å². The van der Waals surface area contributed by atoms with Gasteiger partial charge in [-0.2, -0.15) is 0 Å². The smallest absolute Gasteiger partial charge is 0.269 e. The maximum absolute atomic E-state index is 13.1. The minimum absolute atomic E-state index is 0.0473. The van der Waals surface area contributed by atoms with E-state index >= 15 is 0 Å². The van der Waals surface area contributed by atoms with Crippen LogP contribution in [0.4, 0.5) is 5.69 Å². The average molecular weight is 799 g/mol. The zero-order chi connectivity index (χ0) is 41.5.